The number of rotatable bonds is 4. The van der Waals surface area contributed by atoms with Crippen molar-refractivity contribution in [3.05, 3.63) is 30.6 Å². The molecule has 1 rings (SSSR count). The lowest BCUT2D eigenvalue weighted by Gasteiger charge is -2.05. The molecule has 90 valence electrons. The lowest BCUT2D eigenvalue weighted by atomic mass is 10.5. The van der Waals surface area contributed by atoms with Gasteiger partial charge in [-0.1, -0.05) is 6.07 Å². The van der Waals surface area contributed by atoms with Crippen LogP contribution in [0.5, 0.6) is 0 Å². The van der Waals surface area contributed by atoms with E-state index in [1.54, 1.807) is 26.2 Å². The Kier molecular flexibility index (Phi) is 9.11. The summed E-state index contributed by atoms with van der Waals surface area (Å²) in [5, 5.41) is 0. The molecule has 1 atom stereocenters. The van der Waals surface area contributed by atoms with Crippen LogP contribution in [-0.2, 0) is 14.3 Å². The number of hydrogen-bond acceptors (Lipinski definition) is 4. The van der Waals surface area contributed by atoms with Crippen molar-refractivity contribution in [2.24, 2.45) is 0 Å². The van der Waals surface area contributed by atoms with Gasteiger partial charge in [0.1, 0.15) is 0 Å². The molecular formula is C11H16FNO3. The van der Waals surface area contributed by atoms with Crippen molar-refractivity contribution in [1.82, 2.24) is 4.98 Å². The summed E-state index contributed by atoms with van der Waals surface area (Å²) in [5.41, 5.74) is 0. The monoisotopic (exact) mass is 229 g/mol. The second-order valence-electron chi connectivity index (χ2n) is 2.55. The molecule has 1 unspecified atom stereocenters. The van der Waals surface area contributed by atoms with Gasteiger partial charge in [0, 0.05) is 19.0 Å². The van der Waals surface area contributed by atoms with Crippen LogP contribution in [0.2, 0.25) is 0 Å². The highest BCUT2D eigenvalue weighted by atomic mass is 19.1. The van der Waals surface area contributed by atoms with Crippen LogP contribution in [0, 0.1) is 0 Å². The van der Waals surface area contributed by atoms with Crippen LogP contribution >= 0.6 is 0 Å². The molecule has 0 saturated heterocycles. The predicted molar refractivity (Wildman–Crippen MR) is 57.4 cm³/mol. The zero-order valence-electron chi connectivity index (χ0n) is 9.43. The van der Waals surface area contributed by atoms with E-state index < -0.39 is 12.3 Å². The Balaban J connectivity index is 0.000000315. The van der Waals surface area contributed by atoms with Crippen molar-refractivity contribution in [3.8, 4) is 0 Å². The minimum absolute atomic E-state index is 0.167. The molecule has 1 aromatic heterocycles. The summed E-state index contributed by atoms with van der Waals surface area (Å²) in [4.78, 5) is 14.2. The van der Waals surface area contributed by atoms with Crippen molar-refractivity contribution in [2.75, 3.05) is 13.2 Å². The molecule has 1 aromatic rings. The summed E-state index contributed by atoms with van der Waals surface area (Å²) >= 11 is 0. The average Bonchev–Trinajstić information content (AvgIpc) is 2.33. The minimum atomic E-state index is -1.93. The number of esters is 1. The van der Waals surface area contributed by atoms with Crippen LogP contribution in [0.1, 0.15) is 13.8 Å². The van der Waals surface area contributed by atoms with E-state index in [0.29, 0.717) is 0 Å². The first-order valence-corrected chi connectivity index (χ1v) is 4.99. The lowest BCUT2D eigenvalue weighted by Crippen LogP contribution is -2.21. The first-order valence-electron chi connectivity index (χ1n) is 4.99. The predicted octanol–water partition coefficient (Wildman–Crippen LogP) is 1.96. The van der Waals surface area contributed by atoms with Gasteiger partial charge in [-0.05, 0) is 26.0 Å². The molecular weight excluding hydrogens is 213 g/mol. The summed E-state index contributed by atoms with van der Waals surface area (Å²) < 4.78 is 20.9. The third kappa shape index (κ3) is 7.87. The summed E-state index contributed by atoms with van der Waals surface area (Å²) in [6, 6.07) is 5.72. The SMILES string of the molecule is CCOC(=O)C(F)OCC.c1ccncc1. The van der Waals surface area contributed by atoms with Crippen molar-refractivity contribution >= 4 is 5.97 Å². The first kappa shape index (κ1) is 14.5. The smallest absolute Gasteiger partial charge is 0.368 e. The second-order valence-corrected chi connectivity index (χ2v) is 2.55. The van der Waals surface area contributed by atoms with Gasteiger partial charge in [-0.3, -0.25) is 4.98 Å². The van der Waals surface area contributed by atoms with E-state index in [1.165, 1.54) is 0 Å². The fourth-order valence-electron chi connectivity index (χ4n) is 0.735. The number of ether oxygens (including phenoxy) is 2. The molecule has 0 radical (unpaired) electrons. The Hall–Kier alpha value is -1.49. The molecule has 0 fully saturated rings. The topological polar surface area (TPSA) is 48.4 Å². The maximum atomic E-state index is 12.3. The van der Waals surface area contributed by atoms with Crippen LogP contribution in [0.4, 0.5) is 4.39 Å². The van der Waals surface area contributed by atoms with E-state index in [1.807, 2.05) is 18.2 Å². The summed E-state index contributed by atoms with van der Waals surface area (Å²) in [7, 11) is 0. The molecule has 0 amide bonds. The number of nitrogens with zero attached hydrogens (tertiary/aromatic N) is 1. The minimum Gasteiger partial charge on any atom is -0.462 e. The van der Waals surface area contributed by atoms with Crippen LogP contribution in [-0.4, -0.2) is 30.5 Å². The zero-order chi connectivity index (χ0) is 12.2. The maximum absolute atomic E-state index is 12.3. The van der Waals surface area contributed by atoms with E-state index in [4.69, 9.17) is 0 Å². The van der Waals surface area contributed by atoms with E-state index in [-0.39, 0.29) is 13.2 Å². The molecule has 0 bridgehead atoms. The van der Waals surface area contributed by atoms with Crippen molar-refractivity contribution in [1.29, 1.82) is 0 Å². The molecule has 0 aliphatic heterocycles. The largest absolute Gasteiger partial charge is 0.462 e. The normalized spacial score (nSPS) is 10.9. The Labute approximate surface area is 94.4 Å². The maximum Gasteiger partial charge on any atom is 0.368 e. The van der Waals surface area contributed by atoms with Crippen molar-refractivity contribution in [2.45, 2.75) is 20.2 Å². The fraction of sp³-hybridized carbons (Fsp3) is 0.455. The van der Waals surface area contributed by atoms with E-state index >= 15 is 0 Å². The van der Waals surface area contributed by atoms with Crippen LogP contribution < -0.4 is 0 Å². The van der Waals surface area contributed by atoms with E-state index in [0.717, 1.165) is 0 Å². The van der Waals surface area contributed by atoms with Crippen LogP contribution in [0.15, 0.2) is 30.6 Å². The molecule has 0 aliphatic rings. The van der Waals surface area contributed by atoms with Gasteiger partial charge in [-0.15, -0.1) is 0 Å². The Morgan fingerprint density at radius 2 is 1.88 bits per heavy atom. The van der Waals surface area contributed by atoms with Gasteiger partial charge in [0.2, 0.25) is 0 Å². The number of carbonyl (C=O) groups excluding carboxylic acids is 1. The van der Waals surface area contributed by atoms with E-state index in [9.17, 15) is 9.18 Å². The van der Waals surface area contributed by atoms with Gasteiger partial charge >= 0.3 is 5.97 Å². The third-order valence-corrected chi connectivity index (χ3v) is 1.35. The zero-order valence-corrected chi connectivity index (χ0v) is 9.43. The Morgan fingerprint density at radius 3 is 2.19 bits per heavy atom. The molecule has 0 aliphatic carbocycles. The van der Waals surface area contributed by atoms with E-state index in [2.05, 4.69) is 14.5 Å². The number of alkyl halides is 1. The molecule has 0 spiro atoms. The highest BCUT2D eigenvalue weighted by molar-refractivity contribution is 5.72. The summed E-state index contributed by atoms with van der Waals surface area (Å²) in [5.74, 6) is -0.954. The van der Waals surface area contributed by atoms with Gasteiger partial charge in [0.15, 0.2) is 0 Å². The number of halogens is 1. The van der Waals surface area contributed by atoms with Gasteiger partial charge in [0.05, 0.1) is 6.61 Å². The second kappa shape index (κ2) is 10.0. The van der Waals surface area contributed by atoms with Crippen molar-refractivity contribution in [3.63, 3.8) is 0 Å². The molecule has 0 aromatic carbocycles. The molecule has 0 N–H and O–H groups in total. The van der Waals surface area contributed by atoms with Crippen LogP contribution in [0.3, 0.4) is 0 Å². The Bertz CT molecular complexity index is 242. The fourth-order valence-corrected chi connectivity index (χ4v) is 0.735. The average molecular weight is 229 g/mol. The molecule has 5 heteroatoms. The standard InChI is InChI=1S/C6H11FO3.C5H5N/c1-3-9-5(7)6(8)10-4-2;1-2-4-6-5-3-1/h5H,3-4H2,1-2H3;1-5H. The lowest BCUT2D eigenvalue weighted by molar-refractivity contribution is -0.168. The number of carbonyl (C=O) groups is 1. The van der Waals surface area contributed by atoms with Gasteiger partial charge in [-0.2, -0.15) is 0 Å². The number of hydrogen-bond donors (Lipinski definition) is 0. The van der Waals surface area contributed by atoms with Gasteiger partial charge in [0.25, 0.3) is 6.36 Å². The highest BCUT2D eigenvalue weighted by Gasteiger charge is 2.17. The van der Waals surface area contributed by atoms with Crippen molar-refractivity contribution < 1.29 is 18.7 Å². The molecule has 1 heterocycles. The quantitative estimate of drug-likeness (QED) is 0.740. The molecule has 0 saturated carbocycles. The Morgan fingerprint density at radius 1 is 1.25 bits per heavy atom. The number of pyridine rings is 1. The third-order valence-electron chi connectivity index (χ3n) is 1.35. The van der Waals surface area contributed by atoms with Gasteiger partial charge < -0.3 is 9.47 Å². The van der Waals surface area contributed by atoms with Gasteiger partial charge in [-0.25, -0.2) is 9.18 Å². The first-order chi connectivity index (χ1) is 7.72. The molecule has 4 nitrogen and oxygen atoms in total. The summed E-state index contributed by atoms with van der Waals surface area (Å²) in [6.07, 6.45) is 1.57. The molecule has 16 heavy (non-hydrogen) atoms. The highest BCUT2D eigenvalue weighted by Crippen LogP contribution is 1.96. The van der Waals surface area contributed by atoms with Crippen LogP contribution in [0.25, 0.3) is 0 Å². The number of aromatic nitrogens is 1. The summed E-state index contributed by atoms with van der Waals surface area (Å²) in [6.45, 7) is 3.55.